The van der Waals surface area contributed by atoms with Crippen LogP contribution < -0.4 is 5.32 Å². The molecule has 0 radical (unpaired) electrons. The van der Waals surface area contributed by atoms with Crippen LogP contribution in [0.25, 0.3) is 0 Å². The van der Waals surface area contributed by atoms with Crippen molar-refractivity contribution in [3.05, 3.63) is 0 Å². The SMILES string of the molecule is O=C(COCC1CCCO1)N1CCNCC1. The third-order valence-electron chi connectivity index (χ3n) is 3.02. The molecule has 2 heterocycles. The van der Waals surface area contributed by atoms with Crippen LogP contribution in [0.1, 0.15) is 12.8 Å². The first-order chi connectivity index (χ1) is 7.86. The Labute approximate surface area is 96.1 Å². The van der Waals surface area contributed by atoms with E-state index in [4.69, 9.17) is 9.47 Å². The molecular formula is C11H20N2O3. The minimum absolute atomic E-state index is 0.0968. The Hall–Kier alpha value is -0.650. The molecule has 0 aromatic rings. The first-order valence-electron chi connectivity index (χ1n) is 6.04. The fourth-order valence-electron chi connectivity index (χ4n) is 2.06. The molecule has 0 aromatic carbocycles. The molecule has 2 aliphatic heterocycles. The highest BCUT2D eigenvalue weighted by Gasteiger charge is 2.18. The van der Waals surface area contributed by atoms with Gasteiger partial charge in [0, 0.05) is 32.8 Å². The average Bonchev–Trinajstić information content (AvgIpc) is 2.83. The van der Waals surface area contributed by atoms with Gasteiger partial charge in [0.1, 0.15) is 6.61 Å². The number of amides is 1. The number of carbonyl (C=O) groups excluding carboxylic acids is 1. The highest BCUT2D eigenvalue weighted by atomic mass is 16.5. The first kappa shape index (κ1) is 11.8. The third kappa shape index (κ3) is 3.43. The Bertz CT molecular complexity index is 223. The van der Waals surface area contributed by atoms with E-state index in [1.54, 1.807) is 0 Å². The highest BCUT2D eigenvalue weighted by molar-refractivity contribution is 5.77. The van der Waals surface area contributed by atoms with Gasteiger partial charge in [0.15, 0.2) is 0 Å². The van der Waals surface area contributed by atoms with Crippen molar-refractivity contribution >= 4 is 5.91 Å². The van der Waals surface area contributed by atoms with Gasteiger partial charge in [0.2, 0.25) is 5.91 Å². The van der Waals surface area contributed by atoms with E-state index >= 15 is 0 Å². The zero-order chi connectivity index (χ0) is 11.2. The molecule has 0 bridgehead atoms. The molecule has 1 atom stereocenters. The largest absolute Gasteiger partial charge is 0.376 e. The maximum Gasteiger partial charge on any atom is 0.248 e. The van der Waals surface area contributed by atoms with Gasteiger partial charge in [-0.25, -0.2) is 0 Å². The standard InChI is InChI=1S/C11H20N2O3/c14-11(13-5-3-12-4-6-13)9-15-8-10-2-1-7-16-10/h10,12H,1-9H2. The molecule has 1 unspecified atom stereocenters. The Morgan fingerprint density at radius 2 is 2.25 bits per heavy atom. The second kappa shape index (κ2) is 6.18. The van der Waals surface area contributed by atoms with Crippen LogP contribution in [-0.4, -0.2) is 62.9 Å². The molecule has 2 saturated heterocycles. The van der Waals surface area contributed by atoms with Crippen molar-refractivity contribution in [2.45, 2.75) is 18.9 Å². The molecule has 2 rings (SSSR count). The summed E-state index contributed by atoms with van der Waals surface area (Å²) < 4.78 is 10.8. The quantitative estimate of drug-likeness (QED) is 0.712. The van der Waals surface area contributed by atoms with Gasteiger partial charge in [0.25, 0.3) is 0 Å². The first-order valence-corrected chi connectivity index (χ1v) is 6.04. The lowest BCUT2D eigenvalue weighted by Gasteiger charge is -2.27. The van der Waals surface area contributed by atoms with E-state index in [9.17, 15) is 4.79 Å². The third-order valence-corrected chi connectivity index (χ3v) is 3.02. The number of nitrogens with zero attached hydrogens (tertiary/aromatic N) is 1. The molecule has 1 amide bonds. The molecule has 2 aliphatic rings. The van der Waals surface area contributed by atoms with E-state index in [1.165, 1.54) is 0 Å². The summed E-state index contributed by atoms with van der Waals surface area (Å²) in [5.41, 5.74) is 0. The van der Waals surface area contributed by atoms with Crippen molar-refractivity contribution in [2.75, 3.05) is 46.0 Å². The van der Waals surface area contributed by atoms with Gasteiger partial charge >= 0.3 is 0 Å². The van der Waals surface area contributed by atoms with Crippen LogP contribution in [0.2, 0.25) is 0 Å². The van der Waals surface area contributed by atoms with Crippen molar-refractivity contribution in [3.8, 4) is 0 Å². The van der Waals surface area contributed by atoms with E-state index in [0.29, 0.717) is 6.61 Å². The van der Waals surface area contributed by atoms with E-state index in [2.05, 4.69) is 5.32 Å². The Morgan fingerprint density at radius 3 is 2.94 bits per heavy atom. The molecule has 0 aliphatic carbocycles. The summed E-state index contributed by atoms with van der Waals surface area (Å²) >= 11 is 0. The van der Waals surface area contributed by atoms with E-state index in [1.807, 2.05) is 4.90 Å². The summed E-state index contributed by atoms with van der Waals surface area (Å²) in [6.45, 7) is 4.94. The van der Waals surface area contributed by atoms with Crippen molar-refractivity contribution in [1.82, 2.24) is 10.2 Å². The van der Waals surface area contributed by atoms with Crippen molar-refractivity contribution in [3.63, 3.8) is 0 Å². The molecule has 0 aromatic heterocycles. The van der Waals surface area contributed by atoms with Crippen LogP contribution in [-0.2, 0) is 14.3 Å². The number of hydrogen-bond donors (Lipinski definition) is 1. The predicted octanol–water partition coefficient (Wildman–Crippen LogP) is -0.386. The molecule has 1 N–H and O–H groups in total. The Kier molecular flexibility index (Phi) is 4.56. The van der Waals surface area contributed by atoms with Gasteiger partial charge in [-0.3, -0.25) is 4.79 Å². The van der Waals surface area contributed by atoms with Crippen molar-refractivity contribution in [1.29, 1.82) is 0 Å². The molecule has 92 valence electrons. The van der Waals surface area contributed by atoms with Crippen molar-refractivity contribution < 1.29 is 14.3 Å². The topological polar surface area (TPSA) is 50.8 Å². The molecule has 5 nitrogen and oxygen atoms in total. The lowest BCUT2D eigenvalue weighted by atomic mass is 10.2. The summed E-state index contributed by atoms with van der Waals surface area (Å²) in [4.78, 5) is 13.6. The zero-order valence-corrected chi connectivity index (χ0v) is 9.61. The van der Waals surface area contributed by atoms with Gasteiger partial charge in [-0.05, 0) is 12.8 Å². The lowest BCUT2D eigenvalue weighted by Crippen LogP contribution is -2.47. The van der Waals surface area contributed by atoms with Gasteiger partial charge in [0.05, 0.1) is 12.7 Å². The second-order valence-electron chi connectivity index (χ2n) is 4.28. The van der Waals surface area contributed by atoms with Crippen LogP contribution in [0, 0.1) is 0 Å². The van der Waals surface area contributed by atoms with Crippen LogP contribution in [0.5, 0.6) is 0 Å². The predicted molar refractivity (Wildman–Crippen MR) is 59.2 cm³/mol. The highest BCUT2D eigenvalue weighted by Crippen LogP contribution is 2.11. The average molecular weight is 228 g/mol. The van der Waals surface area contributed by atoms with Gasteiger partial charge in [-0.1, -0.05) is 0 Å². The molecule has 0 spiro atoms. The molecule has 0 saturated carbocycles. The fourth-order valence-corrected chi connectivity index (χ4v) is 2.06. The van der Waals surface area contributed by atoms with Gasteiger partial charge < -0.3 is 19.7 Å². The van der Waals surface area contributed by atoms with Crippen molar-refractivity contribution in [2.24, 2.45) is 0 Å². The summed E-state index contributed by atoms with van der Waals surface area (Å²) in [6, 6.07) is 0. The summed E-state index contributed by atoms with van der Waals surface area (Å²) in [6.07, 6.45) is 2.37. The van der Waals surface area contributed by atoms with E-state index < -0.39 is 0 Å². The molecule has 2 fully saturated rings. The Balaban J connectivity index is 1.59. The lowest BCUT2D eigenvalue weighted by molar-refractivity contribution is -0.137. The summed E-state index contributed by atoms with van der Waals surface area (Å²) in [5.74, 6) is 0.0968. The Morgan fingerprint density at radius 1 is 1.44 bits per heavy atom. The number of rotatable bonds is 4. The number of carbonyl (C=O) groups is 1. The minimum Gasteiger partial charge on any atom is -0.376 e. The van der Waals surface area contributed by atoms with Gasteiger partial charge in [-0.15, -0.1) is 0 Å². The smallest absolute Gasteiger partial charge is 0.248 e. The monoisotopic (exact) mass is 228 g/mol. The van der Waals surface area contributed by atoms with Crippen LogP contribution >= 0.6 is 0 Å². The number of ether oxygens (including phenoxy) is 2. The van der Waals surface area contributed by atoms with Crippen LogP contribution in [0.15, 0.2) is 0 Å². The summed E-state index contributed by atoms with van der Waals surface area (Å²) in [5, 5.41) is 3.22. The molecule has 5 heteroatoms. The van der Waals surface area contributed by atoms with Gasteiger partial charge in [-0.2, -0.15) is 0 Å². The molecular weight excluding hydrogens is 208 g/mol. The van der Waals surface area contributed by atoms with Crippen LogP contribution in [0.4, 0.5) is 0 Å². The number of nitrogens with one attached hydrogen (secondary N) is 1. The molecule has 16 heavy (non-hydrogen) atoms. The van der Waals surface area contributed by atoms with Crippen LogP contribution in [0.3, 0.4) is 0 Å². The number of hydrogen-bond acceptors (Lipinski definition) is 4. The van der Waals surface area contributed by atoms with E-state index in [0.717, 1.165) is 45.6 Å². The van der Waals surface area contributed by atoms with E-state index in [-0.39, 0.29) is 18.6 Å². The number of piperazine rings is 1. The second-order valence-corrected chi connectivity index (χ2v) is 4.28. The maximum atomic E-state index is 11.7. The maximum absolute atomic E-state index is 11.7. The normalized spacial score (nSPS) is 26.0. The minimum atomic E-state index is 0.0968. The zero-order valence-electron chi connectivity index (χ0n) is 9.61. The fraction of sp³-hybridized carbons (Fsp3) is 0.909. The summed E-state index contributed by atoms with van der Waals surface area (Å²) in [7, 11) is 0.